The summed E-state index contributed by atoms with van der Waals surface area (Å²) < 4.78 is 42.0. The van der Waals surface area contributed by atoms with Gasteiger partial charge in [-0.05, 0) is 43.9 Å². The number of carbonyl (C=O) groups excluding carboxylic acids is 1. The lowest BCUT2D eigenvalue weighted by atomic mass is 9.85. The summed E-state index contributed by atoms with van der Waals surface area (Å²) in [7, 11) is 1.91. The van der Waals surface area contributed by atoms with Crippen molar-refractivity contribution in [2.24, 2.45) is 7.05 Å². The summed E-state index contributed by atoms with van der Waals surface area (Å²) in [6.07, 6.45) is 2.84. The van der Waals surface area contributed by atoms with Gasteiger partial charge in [-0.1, -0.05) is 18.6 Å². The fourth-order valence-corrected chi connectivity index (χ4v) is 5.04. The van der Waals surface area contributed by atoms with Gasteiger partial charge in [0.15, 0.2) is 0 Å². The number of aromatic nitrogens is 2. The number of rotatable bonds is 3. The molecule has 4 rings (SSSR count). The Labute approximate surface area is 174 Å². The third kappa shape index (κ3) is 3.97. The van der Waals surface area contributed by atoms with Gasteiger partial charge in [0.1, 0.15) is 0 Å². The molecule has 1 aromatic heterocycles. The normalized spacial score (nSPS) is 28.0. The van der Waals surface area contributed by atoms with Crippen molar-refractivity contribution in [3.63, 3.8) is 0 Å². The quantitative estimate of drug-likeness (QED) is 0.810. The van der Waals surface area contributed by atoms with Crippen LogP contribution in [-0.4, -0.2) is 31.9 Å². The summed E-state index contributed by atoms with van der Waals surface area (Å²) in [5.41, 5.74) is 0.493. The van der Waals surface area contributed by atoms with Gasteiger partial charge in [0.2, 0.25) is 5.91 Å². The van der Waals surface area contributed by atoms with Crippen LogP contribution in [0.1, 0.15) is 61.9 Å². The Balaban J connectivity index is 1.75. The molecule has 1 N–H and O–H groups in total. The van der Waals surface area contributed by atoms with E-state index >= 15 is 0 Å². The third-order valence-electron chi connectivity index (χ3n) is 6.57. The average Bonchev–Trinajstić information content (AvgIpc) is 3.18. The Bertz CT molecular complexity index is 925. The molecule has 3 heterocycles. The summed E-state index contributed by atoms with van der Waals surface area (Å²) in [6, 6.07) is 5.41. The molecule has 2 saturated heterocycles. The van der Waals surface area contributed by atoms with Crippen molar-refractivity contribution in [3.8, 4) is 0 Å². The van der Waals surface area contributed by atoms with Crippen molar-refractivity contribution in [1.82, 2.24) is 19.8 Å². The zero-order valence-electron chi connectivity index (χ0n) is 17.2. The molecule has 5 nitrogen and oxygen atoms in total. The van der Waals surface area contributed by atoms with Crippen LogP contribution in [0.15, 0.2) is 36.8 Å². The molecule has 2 aliphatic heterocycles. The highest BCUT2D eigenvalue weighted by molar-refractivity contribution is 5.77. The van der Waals surface area contributed by atoms with Gasteiger partial charge in [-0.2, -0.15) is 13.2 Å². The topological polar surface area (TPSA) is 50.2 Å². The first-order valence-corrected chi connectivity index (χ1v) is 10.4. The van der Waals surface area contributed by atoms with Crippen LogP contribution in [-0.2, 0) is 24.6 Å². The molecule has 162 valence electrons. The van der Waals surface area contributed by atoms with Crippen molar-refractivity contribution < 1.29 is 18.0 Å². The summed E-state index contributed by atoms with van der Waals surface area (Å²) in [4.78, 5) is 18.9. The van der Waals surface area contributed by atoms with Gasteiger partial charge in [0.05, 0.1) is 23.1 Å². The first-order chi connectivity index (χ1) is 14.2. The van der Waals surface area contributed by atoms with Crippen LogP contribution in [0.25, 0.3) is 0 Å². The Morgan fingerprint density at radius 3 is 2.80 bits per heavy atom. The number of fused-ring (bicyclic) bond motifs is 1. The second-order valence-corrected chi connectivity index (χ2v) is 8.74. The smallest absolute Gasteiger partial charge is 0.349 e. The maximum atomic E-state index is 13.4. The van der Waals surface area contributed by atoms with E-state index in [0.717, 1.165) is 31.0 Å². The molecular formula is C22H27F3N4O. The summed E-state index contributed by atoms with van der Waals surface area (Å²) in [6.45, 7) is 2.60. The number of alkyl halides is 3. The highest BCUT2D eigenvalue weighted by atomic mass is 19.4. The van der Waals surface area contributed by atoms with E-state index in [4.69, 9.17) is 0 Å². The van der Waals surface area contributed by atoms with Gasteiger partial charge in [-0.25, -0.2) is 4.98 Å². The minimum atomic E-state index is -4.39. The second-order valence-electron chi connectivity index (χ2n) is 8.74. The van der Waals surface area contributed by atoms with Gasteiger partial charge in [-0.3, -0.25) is 9.69 Å². The molecule has 0 unspecified atom stereocenters. The van der Waals surface area contributed by atoms with Gasteiger partial charge < -0.3 is 9.88 Å². The van der Waals surface area contributed by atoms with Gasteiger partial charge in [0, 0.05) is 38.3 Å². The molecule has 2 aromatic rings. The summed E-state index contributed by atoms with van der Waals surface area (Å²) in [5.74, 6) is 0.0207. The van der Waals surface area contributed by atoms with Crippen molar-refractivity contribution >= 4 is 5.91 Å². The van der Waals surface area contributed by atoms with E-state index in [9.17, 15) is 18.0 Å². The molecule has 0 spiro atoms. The number of nitrogens with zero attached hydrogens (tertiary/aromatic N) is 3. The number of aryl methyl sites for hydroxylation is 1. The molecule has 0 radical (unpaired) electrons. The fourth-order valence-electron chi connectivity index (χ4n) is 5.04. The number of nitrogens with one attached hydrogen (secondary N) is 1. The number of imidazole rings is 1. The number of carbonyl (C=O) groups is 1. The maximum absolute atomic E-state index is 13.4. The zero-order valence-corrected chi connectivity index (χ0v) is 17.2. The van der Waals surface area contributed by atoms with E-state index in [1.165, 1.54) is 12.1 Å². The van der Waals surface area contributed by atoms with Crippen LogP contribution in [0.2, 0.25) is 0 Å². The standard InChI is InChI=1S/C22H27F3N4O/c1-21-11-18(15-6-5-7-16(10-15)22(23,24)25)29(13-17-12-26-14-28(17)2)19(21)8-3-4-9-20(30)27-21/h5-7,10,12,14,18-19H,3-4,8-9,11,13H2,1-2H3,(H,27,30)/t18-,19-,21-/m0/s1. The van der Waals surface area contributed by atoms with E-state index in [1.807, 2.05) is 18.5 Å². The number of likely N-dealkylation sites (tertiary alicyclic amines) is 1. The molecular weight excluding hydrogens is 393 g/mol. The fraction of sp³-hybridized carbons (Fsp3) is 0.545. The van der Waals surface area contributed by atoms with E-state index in [0.29, 0.717) is 24.9 Å². The molecule has 0 bridgehead atoms. The molecule has 2 fully saturated rings. The van der Waals surface area contributed by atoms with Crippen molar-refractivity contribution in [3.05, 3.63) is 53.6 Å². The van der Waals surface area contributed by atoms with E-state index in [1.54, 1.807) is 18.6 Å². The van der Waals surface area contributed by atoms with E-state index < -0.39 is 17.3 Å². The number of amides is 1. The monoisotopic (exact) mass is 420 g/mol. The minimum absolute atomic E-state index is 0.0207. The molecule has 2 aliphatic rings. The average molecular weight is 420 g/mol. The first-order valence-electron chi connectivity index (χ1n) is 10.4. The van der Waals surface area contributed by atoms with Crippen LogP contribution in [0, 0.1) is 0 Å². The molecule has 0 saturated carbocycles. The van der Waals surface area contributed by atoms with E-state index in [-0.39, 0.29) is 18.0 Å². The number of hydrogen-bond donors (Lipinski definition) is 1. The number of halogens is 3. The summed E-state index contributed by atoms with van der Waals surface area (Å²) in [5, 5.41) is 3.20. The largest absolute Gasteiger partial charge is 0.416 e. The Hall–Kier alpha value is -2.35. The van der Waals surface area contributed by atoms with Crippen LogP contribution < -0.4 is 5.32 Å². The lowest BCUT2D eigenvalue weighted by Crippen LogP contribution is -2.55. The van der Waals surface area contributed by atoms with Gasteiger partial charge in [-0.15, -0.1) is 0 Å². The molecule has 8 heteroatoms. The van der Waals surface area contributed by atoms with Crippen molar-refractivity contribution in [1.29, 1.82) is 0 Å². The second kappa shape index (κ2) is 7.72. The maximum Gasteiger partial charge on any atom is 0.416 e. The predicted molar refractivity (Wildman–Crippen MR) is 106 cm³/mol. The lowest BCUT2D eigenvalue weighted by molar-refractivity contribution is -0.137. The van der Waals surface area contributed by atoms with Crippen LogP contribution in [0.3, 0.4) is 0 Å². The molecule has 1 amide bonds. The number of hydrogen-bond acceptors (Lipinski definition) is 3. The molecule has 0 aliphatic carbocycles. The predicted octanol–water partition coefficient (Wildman–Crippen LogP) is 4.20. The molecule has 30 heavy (non-hydrogen) atoms. The van der Waals surface area contributed by atoms with Crippen LogP contribution in [0.4, 0.5) is 13.2 Å². The zero-order chi connectivity index (χ0) is 21.5. The van der Waals surface area contributed by atoms with Gasteiger partial charge >= 0.3 is 6.18 Å². The Morgan fingerprint density at radius 1 is 1.30 bits per heavy atom. The van der Waals surface area contributed by atoms with Crippen molar-refractivity contribution in [2.45, 2.75) is 69.4 Å². The van der Waals surface area contributed by atoms with Crippen LogP contribution in [0.5, 0.6) is 0 Å². The SMILES string of the molecule is Cn1cncc1CN1[C@H]2CCCCC(=O)N[C@@]2(C)C[C@H]1c1cccc(C(F)(F)F)c1. The lowest BCUT2D eigenvalue weighted by Gasteiger charge is -2.38. The highest BCUT2D eigenvalue weighted by Gasteiger charge is 2.50. The van der Waals surface area contributed by atoms with Crippen LogP contribution >= 0.6 is 0 Å². The Morgan fingerprint density at radius 2 is 2.10 bits per heavy atom. The van der Waals surface area contributed by atoms with Crippen molar-refractivity contribution in [2.75, 3.05) is 0 Å². The van der Waals surface area contributed by atoms with E-state index in [2.05, 4.69) is 15.2 Å². The Kier molecular flexibility index (Phi) is 5.38. The first kappa shape index (κ1) is 20.9. The van der Waals surface area contributed by atoms with Gasteiger partial charge in [0.25, 0.3) is 0 Å². The number of benzene rings is 1. The summed E-state index contributed by atoms with van der Waals surface area (Å²) >= 11 is 0. The third-order valence-corrected chi connectivity index (χ3v) is 6.57. The highest BCUT2D eigenvalue weighted by Crippen LogP contribution is 2.46. The molecule has 1 aromatic carbocycles. The molecule has 3 atom stereocenters. The minimum Gasteiger partial charge on any atom is -0.349 e.